The maximum absolute atomic E-state index is 11.3. The van der Waals surface area contributed by atoms with Gasteiger partial charge in [0.1, 0.15) is 5.76 Å². The lowest BCUT2D eigenvalue weighted by atomic mass is 10.2. The van der Waals surface area contributed by atoms with Gasteiger partial charge < -0.3 is 15.5 Å². The fraction of sp³-hybridized carbons (Fsp3) is 0.600. The summed E-state index contributed by atoms with van der Waals surface area (Å²) in [6, 6.07) is -0.453. The number of aryl methyl sites for hydroxylation is 1. The van der Waals surface area contributed by atoms with E-state index in [-0.39, 0.29) is 5.91 Å². The molecule has 1 amide bonds. The highest BCUT2D eigenvalue weighted by atomic mass is 16.4. The number of carbonyl (C=O) groups excluding carboxylic acids is 1. The Morgan fingerprint density at radius 2 is 2.40 bits per heavy atom. The Morgan fingerprint density at radius 1 is 1.67 bits per heavy atom. The normalized spacial score (nSPS) is 12.5. The van der Waals surface area contributed by atoms with E-state index in [0.717, 1.165) is 12.2 Å². The van der Waals surface area contributed by atoms with Crippen LogP contribution in [0.2, 0.25) is 0 Å². The minimum Gasteiger partial charge on any atom is -0.444 e. The zero-order valence-electron chi connectivity index (χ0n) is 9.12. The molecule has 0 radical (unpaired) electrons. The summed E-state index contributed by atoms with van der Waals surface area (Å²) >= 11 is 0. The van der Waals surface area contributed by atoms with Gasteiger partial charge in [0.2, 0.25) is 11.8 Å². The molecule has 5 nitrogen and oxygen atoms in total. The Hall–Kier alpha value is -1.36. The molecule has 0 bridgehead atoms. The van der Waals surface area contributed by atoms with Crippen molar-refractivity contribution in [2.75, 3.05) is 0 Å². The van der Waals surface area contributed by atoms with Crippen molar-refractivity contribution in [3.8, 4) is 0 Å². The molecule has 0 aliphatic heterocycles. The number of nitrogens with two attached hydrogens (primary N) is 1. The van der Waals surface area contributed by atoms with Crippen LogP contribution in [0.1, 0.15) is 31.9 Å². The van der Waals surface area contributed by atoms with E-state index in [1.807, 2.05) is 13.8 Å². The third-order valence-electron chi connectivity index (χ3n) is 2.14. The van der Waals surface area contributed by atoms with E-state index >= 15 is 0 Å². The van der Waals surface area contributed by atoms with E-state index in [1.54, 1.807) is 6.20 Å². The molecule has 0 saturated heterocycles. The van der Waals surface area contributed by atoms with Crippen LogP contribution in [0.25, 0.3) is 0 Å². The zero-order chi connectivity index (χ0) is 11.3. The highest BCUT2D eigenvalue weighted by Crippen LogP contribution is 2.03. The molecular formula is C10H17N3O2. The van der Waals surface area contributed by atoms with Crippen molar-refractivity contribution in [1.82, 2.24) is 10.3 Å². The summed E-state index contributed by atoms with van der Waals surface area (Å²) < 4.78 is 5.33. The highest BCUT2D eigenvalue weighted by molar-refractivity contribution is 5.81. The number of hydrogen-bond acceptors (Lipinski definition) is 4. The minimum absolute atomic E-state index is 0.172. The first-order chi connectivity index (χ1) is 7.17. The average Bonchev–Trinajstić information content (AvgIpc) is 2.72. The lowest BCUT2D eigenvalue weighted by Gasteiger charge is -2.07. The predicted octanol–water partition coefficient (Wildman–Crippen LogP) is 0.590. The summed E-state index contributed by atoms with van der Waals surface area (Å²) in [5.41, 5.74) is 5.55. The maximum Gasteiger partial charge on any atom is 0.237 e. The Morgan fingerprint density at radius 3 is 2.93 bits per heavy atom. The molecule has 0 aromatic carbocycles. The van der Waals surface area contributed by atoms with E-state index in [1.165, 1.54) is 0 Å². The van der Waals surface area contributed by atoms with Gasteiger partial charge >= 0.3 is 0 Å². The molecule has 1 heterocycles. The summed E-state index contributed by atoms with van der Waals surface area (Å²) in [5.74, 6) is 1.16. The molecule has 1 aromatic heterocycles. The highest BCUT2D eigenvalue weighted by Gasteiger charge is 2.11. The summed E-state index contributed by atoms with van der Waals surface area (Å²) in [5, 5.41) is 2.67. The molecule has 5 heteroatoms. The first-order valence-electron chi connectivity index (χ1n) is 5.14. The predicted molar refractivity (Wildman–Crippen MR) is 56.0 cm³/mol. The second-order valence-corrected chi connectivity index (χ2v) is 3.31. The van der Waals surface area contributed by atoms with Crippen LogP contribution in [0.5, 0.6) is 0 Å². The fourth-order valence-corrected chi connectivity index (χ4v) is 1.07. The van der Waals surface area contributed by atoms with Crippen LogP contribution in [0, 0.1) is 0 Å². The van der Waals surface area contributed by atoms with E-state index in [2.05, 4.69) is 10.3 Å². The number of nitrogens with zero attached hydrogens (tertiary/aromatic N) is 1. The molecular weight excluding hydrogens is 194 g/mol. The van der Waals surface area contributed by atoms with Gasteiger partial charge in [0, 0.05) is 6.42 Å². The maximum atomic E-state index is 11.3. The van der Waals surface area contributed by atoms with Crippen LogP contribution >= 0.6 is 0 Å². The van der Waals surface area contributed by atoms with E-state index in [0.29, 0.717) is 18.9 Å². The third kappa shape index (κ3) is 3.36. The van der Waals surface area contributed by atoms with Gasteiger partial charge in [0.05, 0.1) is 18.8 Å². The number of hydrogen-bond donors (Lipinski definition) is 2. The van der Waals surface area contributed by atoms with Gasteiger partial charge in [-0.1, -0.05) is 13.8 Å². The molecule has 0 aliphatic carbocycles. The number of rotatable bonds is 5. The van der Waals surface area contributed by atoms with Gasteiger partial charge in [0.25, 0.3) is 0 Å². The van der Waals surface area contributed by atoms with E-state index in [9.17, 15) is 4.79 Å². The van der Waals surface area contributed by atoms with E-state index in [4.69, 9.17) is 10.2 Å². The number of amides is 1. The topological polar surface area (TPSA) is 81.2 Å². The summed E-state index contributed by atoms with van der Waals surface area (Å²) in [6.45, 7) is 4.15. The molecule has 1 rings (SSSR count). The standard InChI is InChI=1S/C10H17N3O2/c1-3-7-5-12-9(15-7)6-13-10(14)8(11)4-2/h5,8H,3-4,6,11H2,1-2H3,(H,13,14)/t8-/m1/s1. The van der Waals surface area contributed by atoms with Crippen molar-refractivity contribution in [3.63, 3.8) is 0 Å². The Kier molecular flexibility index (Phi) is 4.30. The molecule has 3 N–H and O–H groups in total. The van der Waals surface area contributed by atoms with Gasteiger partial charge in [-0.05, 0) is 6.42 Å². The van der Waals surface area contributed by atoms with Gasteiger partial charge in [-0.15, -0.1) is 0 Å². The second-order valence-electron chi connectivity index (χ2n) is 3.31. The Labute approximate surface area is 89.1 Å². The van der Waals surface area contributed by atoms with Crippen molar-refractivity contribution in [2.45, 2.75) is 39.3 Å². The van der Waals surface area contributed by atoms with Crippen molar-refractivity contribution in [1.29, 1.82) is 0 Å². The van der Waals surface area contributed by atoms with Crippen LogP contribution in [0.15, 0.2) is 10.6 Å². The molecule has 1 aromatic rings. The SMILES string of the molecule is CCc1cnc(CNC(=O)[C@H](N)CC)o1. The fourth-order valence-electron chi connectivity index (χ4n) is 1.07. The first kappa shape index (κ1) is 11.7. The molecule has 0 unspecified atom stereocenters. The number of nitrogens with one attached hydrogen (secondary N) is 1. The molecule has 84 valence electrons. The lowest BCUT2D eigenvalue weighted by Crippen LogP contribution is -2.39. The number of oxazole rings is 1. The smallest absolute Gasteiger partial charge is 0.237 e. The van der Waals surface area contributed by atoms with Crippen LogP contribution in [0.3, 0.4) is 0 Å². The first-order valence-corrected chi connectivity index (χ1v) is 5.14. The van der Waals surface area contributed by atoms with Crippen molar-refractivity contribution >= 4 is 5.91 Å². The van der Waals surface area contributed by atoms with Crippen molar-refractivity contribution in [3.05, 3.63) is 17.8 Å². The molecule has 1 atom stereocenters. The molecule has 0 spiro atoms. The Balaban J connectivity index is 2.40. The molecule has 15 heavy (non-hydrogen) atoms. The lowest BCUT2D eigenvalue weighted by molar-refractivity contribution is -0.122. The van der Waals surface area contributed by atoms with Crippen LogP contribution in [-0.4, -0.2) is 16.9 Å². The molecule has 0 saturated carbocycles. The van der Waals surface area contributed by atoms with Gasteiger partial charge in [-0.25, -0.2) is 4.98 Å². The van der Waals surface area contributed by atoms with Gasteiger partial charge in [0.15, 0.2) is 0 Å². The quantitative estimate of drug-likeness (QED) is 0.747. The Bertz CT molecular complexity index is 322. The van der Waals surface area contributed by atoms with Crippen LogP contribution < -0.4 is 11.1 Å². The van der Waals surface area contributed by atoms with Gasteiger partial charge in [-0.2, -0.15) is 0 Å². The van der Waals surface area contributed by atoms with E-state index < -0.39 is 6.04 Å². The van der Waals surface area contributed by atoms with Crippen LogP contribution in [-0.2, 0) is 17.8 Å². The monoisotopic (exact) mass is 211 g/mol. The summed E-state index contributed by atoms with van der Waals surface area (Å²) in [6.07, 6.45) is 3.09. The largest absolute Gasteiger partial charge is 0.444 e. The van der Waals surface area contributed by atoms with Crippen molar-refractivity contribution < 1.29 is 9.21 Å². The van der Waals surface area contributed by atoms with Crippen LogP contribution in [0.4, 0.5) is 0 Å². The second kappa shape index (κ2) is 5.50. The van der Waals surface area contributed by atoms with Gasteiger partial charge in [-0.3, -0.25) is 4.79 Å². The number of carbonyl (C=O) groups is 1. The number of aromatic nitrogens is 1. The molecule has 0 fully saturated rings. The average molecular weight is 211 g/mol. The summed E-state index contributed by atoms with van der Waals surface area (Å²) in [4.78, 5) is 15.3. The zero-order valence-corrected chi connectivity index (χ0v) is 9.12. The van der Waals surface area contributed by atoms with Crippen molar-refractivity contribution in [2.24, 2.45) is 5.73 Å². The third-order valence-corrected chi connectivity index (χ3v) is 2.14. The summed E-state index contributed by atoms with van der Waals surface area (Å²) in [7, 11) is 0. The molecule has 0 aliphatic rings. The minimum atomic E-state index is -0.453.